The molecular weight excluding hydrogens is 344 g/mol. The predicted molar refractivity (Wildman–Crippen MR) is 104 cm³/mol. The van der Waals surface area contributed by atoms with Gasteiger partial charge in [-0.05, 0) is 43.4 Å². The van der Waals surface area contributed by atoms with E-state index in [4.69, 9.17) is 0 Å². The van der Waals surface area contributed by atoms with Crippen LogP contribution in [0, 0.1) is 6.92 Å². The molecule has 1 atom stereocenters. The van der Waals surface area contributed by atoms with Crippen LogP contribution in [-0.2, 0) is 10.0 Å². The Morgan fingerprint density at radius 2 is 1.77 bits per heavy atom. The van der Waals surface area contributed by atoms with Crippen LogP contribution in [0.3, 0.4) is 0 Å². The summed E-state index contributed by atoms with van der Waals surface area (Å²) >= 11 is 0. The van der Waals surface area contributed by atoms with E-state index in [9.17, 15) is 8.42 Å². The molecule has 134 valence electrons. The van der Waals surface area contributed by atoms with Crippen molar-refractivity contribution in [2.45, 2.75) is 30.6 Å². The second-order valence-corrected chi connectivity index (χ2v) is 8.91. The molecule has 5 heteroatoms. The zero-order valence-electron chi connectivity index (χ0n) is 14.8. The van der Waals surface area contributed by atoms with Crippen molar-refractivity contribution in [2.75, 3.05) is 13.1 Å². The van der Waals surface area contributed by atoms with E-state index in [1.54, 1.807) is 16.4 Å². The normalized spacial score (nSPS) is 18.9. The predicted octanol–water partition coefficient (Wildman–Crippen LogP) is 4.11. The van der Waals surface area contributed by atoms with Gasteiger partial charge in [-0.3, -0.25) is 4.98 Å². The molecule has 0 saturated carbocycles. The molecule has 3 aromatic rings. The number of rotatable bonds is 3. The molecular formula is C21H22N2O2S. The molecule has 4 nitrogen and oxygen atoms in total. The van der Waals surface area contributed by atoms with Gasteiger partial charge in [0.15, 0.2) is 0 Å². The maximum atomic E-state index is 13.0. The lowest BCUT2D eigenvalue weighted by atomic mass is 9.94. The van der Waals surface area contributed by atoms with E-state index >= 15 is 0 Å². The number of hydrogen-bond donors (Lipinski definition) is 0. The summed E-state index contributed by atoms with van der Waals surface area (Å²) in [7, 11) is -3.46. The summed E-state index contributed by atoms with van der Waals surface area (Å²) in [6, 6.07) is 17.3. The first-order valence-corrected chi connectivity index (χ1v) is 10.4. The summed E-state index contributed by atoms with van der Waals surface area (Å²) in [5.41, 5.74) is 2.04. The van der Waals surface area contributed by atoms with Gasteiger partial charge in [0.1, 0.15) is 0 Å². The molecule has 1 aliphatic heterocycles. The van der Waals surface area contributed by atoms with Crippen molar-refractivity contribution in [3.63, 3.8) is 0 Å². The topological polar surface area (TPSA) is 50.3 Å². The molecule has 0 amide bonds. The van der Waals surface area contributed by atoms with Crippen molar-refractivity contribution >= 4 is 20.8 Å². The molecule has 0 unspecified atom stereocenters. The van der Waals surface area contributed by atoms with Crippen LogP contribution in [-0.4, -0.2) is 30.8 Å². The minimum absolute atomic E-state index is 0.133. The quantitative estimate of drug-likeness (QED) is 0.701. The third kappa shape index (κ3) is 3.24. The number of hydrogen-bond acceptors (Lipinski definition) is 3. The van der Waals surface area contributed by atoms with Crippen LogP contribution < -0.4 is 0 Å². The number of aryl methyl sites for hydroxylation is 1. The van der Waals surface area contributed by atoms with E-state index in [0.29, 0.717) is 18.0 Å². The van der Waals surface area contributed by atoms with Gasteiger partial charge in [0.2, 0.25) is 10.0 Å². The first-order chi connectivity index (χ1) is 12.5. The molecule has 0 aliphatic carbocycles. The standard InChI is InChI=1S/C21H22N2O2S/c1-16-8-10-20(11-9-16)26(24,25)23-12-4-7-19(15-23)21-13-17-5-2-3-6-18(17)14-22-21/h2-3,5-6,8-11,13-14,19H,4,7,12,15H2,1H3/t19-/m0/s1. The second kappa shape index (κ2) is 6.82. The van der Waals surface area contributed by atoms with Gasteiger partial charge in [0.05, 0.1) is 4.90 Å². The molecule has 0 spiro atoms. The van der Waals surface area contributed by atoms with E-state index in [1.807, 2.05) is 43.5 Å². The van der Waals surface area contributed by atoms with Gasteiger partial charge in [-0.15, -0.1) is 0 Å². The van der Waals surface area contributed by atoms with E-state index in [0.717, 1.165) is 34.9 Å². The van der Waals surface area contributed by atoms with Crippen LogP contribution in [0.5, 0.6) is 0 Å². The van der Waals surface area contributed by atoms with Crippen LogP contribution >= 0.6 is 0 Å². The molecule has 4 rings (SSSR count). The van der Waals surface area contributed by atoms with Crippen LogP contribution in [0.25, 0.3) is 10.8 Å². The fourth-order valence-electron chi connectivity index (χ4n) is 3.59. The average Bonchev–Trinajstić information content (AvgIpc) is 2.68. The van der Waals surface area contributed by atoms with Crippen molar-refractivity contribution < 1.29 is 8.42 Å². The maximum Gasteiger partial charge on any atom is 0.243 e. The monoisotopic (exact) mass is 366 g/mol. The highest BCUT2D eigenvalue weighted by atomic mass is 32.2. The Morgan fingerprint density at radius 1 is 1.04 bits per heavy atom. The van der Waals surface area contributed by atoms with Crippen molar-refractivity contribution in [3.05, 3.63) is 72.1 Å². The Labute approximate surface area is 154 Å². The Hall–Kier alpha value is -2.24. The second-order valence-electron chi connectivity index (χ2n) is 6.97. The summed E-state index contributed by atoms with van der Waals surface area (Å²) < 4.78 is 27.6. The number of pyridine rings is 1. The highest BCUT2D eigenvalue weighted by molar-refractivity contribution is 7.89. The molecule has 1 aliphatic rings. The van der Waals surface area contributed by atoms with Crippen LogP contribution in [0.2, 0.25) is 0 Å². The van der Waals surface area contributed by atoms with Gasteiger partial charge >= 0.3 is 0 Å². The molecule has 0 bridgehead atoms. The number of piperidine rings is 1. The Kier molecular flexibility index (Phi) is 4.51. The lowest BCUT2D eigenvalue weighted by molar-refractivity contribution is 0.313. The smallest absolute Gasteiger partial charge is 0.243 e. The van der Waals surface area contributed by atoms with Crippen LogP contribution in [0.4, 0.5) is 0 Å². The lowest BCUT2D eigenvalue weighted by Crippen LogP contribution is -2.39. The average molecular weight is 366 g/mol. The summed E-state index contributed by atoms with van der Waals surface area (Å²) in [6.07, 6.45) is 3.70. The first kappa shape index (κ1) is 17.2. The molecule has 1 aromatic heterocycles. The number of nitrogens with zero attached hydrogens (tertiary/aromatic N) is 2. The Morgan fingerprint density at radius 3 is 2.54 bits per heavy atom. The Bertz CT molecular complexity index is 1030. The highest BCUT2D eigenvalue weighted by Crippen LogP contribution is 2.30. The summed E-state index contributed by atoms with van der Waals surface area (Å²) in [5.74, 6) is 0.133. The number of benzene rings is 2. The summed E-state index contributed by atoms with van der Waals surface area (Å²) in [6.45, 7) is 3.01. The largest absolute Gasteiger partial charge is 0.260 e. The van der Waals surface area contributed by atoms with Crippen molar-refractivity contribution in [2.24, 2.45) is 0 Å². The number of fused-ring (bicyclic) bond motifs is 1. The zero-order valence-corrected chi connectivity index (χ0v) is 15.6. The fourth-order valence-corrected chi connectivity index (χ4v) is 5.11. The summed E-state index contributed by atoms with van der Waals surface area (Å²) in [4.78, 5) is 4.98. The molecule has 0 N–H and O–H groups in total. The zero-order chi connectivity index (χ0) is 18.1. The van der Waals surface area contributed by atoms with Crippen molar-refractivity contribution in [3.8, 4) is 0 Å². The maximum absolute atomic E-state index is 13.0. The molecule has 26 heavy (non-hydrogen) atoms. The fraction of sp³-hybridized carbons (Fsp3) is 0.286. The van der Waals surface area contributed by atoms with Crippen LogP contribution in [0.1, 0.15) is 30.0 Å². The van der Waals surface area contributed by atoms with E-state index in [1.165, 1.54) is 0 Å². The van der Waals surface area contributed by atoms with Gasteiger partial charge in [0.25, 0.3) is 0 Å². The number of sulfonamides is 1. The summed E-state index contributed by atoms with van der Waals surface area (Å²) in [5, 5.41) is 2.26. The number of aromatic nitrogens is 1. The third-order valence-electron chi connectivity index (χ3n) is 5.11. The molecule has 1 saturated heterocycles. The van der Waals surface area contributed by atoms with Gasteiger partial charge in [0, 0.05) is 36.3 Å². The van der Waals surface area contributed by atoms with E-state index in [2.05, 4.69) is 17.1 Å². The van der Waals surface area contributed by atoms with Gasteiger partial charge in [-0.2, -0.15) is 4.31 Å². The Balaban J connectivity index is 1.61. The molecule has 0 radical (unpaired) electrons. The van der Waals surface area contributed by atoms with Gasteiger partial charge in [-0.25, -0.2) is 8.42 Å². The van der Waals surface area contributed by atoms with E-state index in [-0.39, 0.29) is 5.92 Å². The first-order valence-electron chi connectivity index (χ1n) is 8.95. The van der Waals surface area contributed by atoms with E-state index < -0.39 is 10.0 Å². The minimum atomic E-state index is -3.46. The minimum Gasteiger partial charge on any atom is -0.260 e. The third-order valence-corrected chi connectivity index (χ3v) is 6.99. The SMILES string of the molecule is Cc1ccc(S(=O)(=O)N2CCC[C@H](c3cc4ccccc4cn3)C2)cc1. The van der Waals surface area contributed by atoms with Crippen molar-refractivity contribution in [1.82, 2.24) is 9.29 Å². The highest BCUT2D eigenvalue weighted by Gasteiger charge is 2.31. The van der Waals surface area contributed by atoms with Gasteiger partial charge in [-0.1, -0.05) is 42.0 Å². The van der Waals surface area contributed by atoms with Gasteiger partial charge < -0.3 is 0 Å². The molecule has 2 heterocycles. The van der Waals surface area contributed by atoms with Crippen molar-refractivity contribution in [1.29, 1.82) is 0 Å². The molecule has 1 fully saturated rings. The lowest BCUT2D eigenvalue weighted by Gasteiger charge is -2.31. The van der Waals surface area contributed by atoms with Crippen LogP contribution in [0.15, 0.2) is 65.7 Å². The molecule has 2 aromatic carbocycles.